The minimum absolute atomic E-state index is 0.275. The van der Waals surface area contributed by atoms with Crippen molar-refractivity contribution in [1.82, 2.24) is 14.5 Å². The number of carbonyl (C=O) groups excluding carboxylic acids is 1. The Morgan fingerprint density at radius 3 is 3.00 bits per heavy atom. The molecule has 17 heavy (non-hydrogen) atoms. The smallest absolute Gasteiger partial charge is 0.328 e. The molecule has 90 valence electrons. The van der Waals surface area contributed by atoms with Crippen molar-refractivity contribution in [2.45, 2.75) is 26.3 Å². The Hall–Kier alpha value is -1.91. The molecule has 0 N–H and O–H groups in total. The zero-order valence-corrected chi connectivity index (χ0v) is 10.2. The second-order valence-corrected chi connectivity index (χ2v) is 3.87. The molecule has 1 atom stereocenters. The lowest BCUT2D eigenvalue weighted by molar-refractivity contribution is -0.143. The van der Waals surface area contributed by atoms with Gasteiger partial charge < -0.3 is 9.30 Å². The van der Waals surface area contributed by atoms with E-state index in [1.165, 1.54) is 13.4 Å². The molecule has 5 nitrogen and oxygen atoms in total. The third-order valence-corrected chi connectivity index (χ3v) is 2.92. The Morgan fingerprint density at radius 1 is 1.59 bits per heavy atom. The van der Waals surface area contributed by atoms with Crippen molar-refractivity contribution >= 4 is 17.0 Å². The highest BCUT2D eigenvalue weighted by Crippen LogP contribution is 2.23. The molecule has 1 unspecified atom stereocenters. The summed E-state index contributed by atoms with van der Waals surface area (Å²) in [5, 5.41) is 0.991. The van der Waals surface area contributed by atoms with Crippen LogP contribution in [0.2, 0.25) is 0 Å². The molecule has 5 heteroatoms. The van der Waals surface area contributed by atoms with Crippen LogP contribution < -0.4 is 0 Å². The average molecular weight is 233 g/mol. The van der Waals surface area contributed by atoms with Crippen LogP contribution in [-0.2, 0) is 16.0 Å². The van der Waals surface area contributed by atoms with Crippen molar-refractivity contribution < 1.29 is 9.53 Å². The second-order valence-electron chi connectivity index (χ2n) is 3.87. The lowest BCUT2D eigenvalue weighted by Crippen LogP contribution is -2.17. The van der Waals surface area contributed by atoms with Crippen molar-refractivity contribution in [3.05, 3.63) is 24.3 Å². The van der Waals surface area contributed by atoms with E-state index < -0.39 is 0 Å². The summed E-state index contributed by atoms with van der Waals surface area (Å²) in [6.45, 7) is 3.86. The van der Waals surface area contributed by atoms with Crippen LogP contribution in [0.1, 0.15) is 25.5 Å². The lowest BCUT2D eigenvalue weighted by Gasteiger charge is -2.11. The van der Waals surface area contributed by atoms with E-state index in [1.54, 1.807) is 13.1 Å². The van der Waals surface area contributed by atoms with E-state index in [2.05, 4.69) is 16.9 Å². The fourth-order valence-electron chi connectivity index (χ4n) is 1.92. The lowest BCUT2D eigenvalue weighted by atomic mass is 10.2. The number of nitrogens with zero attached hydrogens (tertiary/aromatic N) is 3. The molecule has 0 amide bonds. The fourth-order valence-corrected chi connectivity index (χ4v) is 1.92. The van der Waals surface area contributed by atoms with Crippen LogP contribution in [0.15, 0.2) is 18.7 Å². The van der Waals surface area contributed by atoms with Gasteiger partial charge in [-0.3, -0.25) is 0 Å². The SMILES string of the molecule is CCc1cn(C(C)C(=O)OC)c2ncncc12. The van der Waals surface area contributed by atoms with Crippen LogP contribution in [0.3, 0.4) is 0 Å². The summed E-state index contributed by atoms with van der Waals surface area (Å²) < 4.78 is 6.59. The molecule has 0 radical (unpaired) electrons. The minimum atomic E-state index is -0.377. The zero-order valence-electron chi connectivity index (χ0n) is 10.2. The van der Waals surface area contributed by atoms with Crippen molar-refractivity contribution in [1.29, 1.82) is 0 Å². The molecule has 2 rings (SSSR count). The summed E-state index contributed by atoms with van der Waals surface area (Å²) in [4.78, 5) is 19.8. The highest BCUT2D eigenvalue weighted by atomic mass is 16.5. The molecule has 0 spiro atoms. The van der Waals surface area contributed by atoms with E-state index in [9.17, 15) is 4.79 Å². The number of ether oxygens (including phenoxy) is 1. The maximum absolute atomic E-state index is 11.6. The van der Waals surface area contributed by atoms with Crippen LogP contribution in [0.4, 0.5) is 0 Å². The summed E-state index contributed by atoms with van der Waals surface area (Å²) in [5.74, 6) is -0.275. The molecule has 0 bridgehead atoms. The van der Waals surface area contributed by atoms with Crippen molar-refractivity contribution in [2.24, 2.45) is 0 Å². The molecule has 0 aliphatic carbocycles. The highest BCUT2D eigenvalue weighted by Gasteiger charge is 2.19. The van der Waals surface area contributed by atoms with Gasteiger partial charge in [-0.15, -0.1) is 0 Å². The van der Waals surface area contributed by atoms with E-state index in [4.69, 9.17) is 4.74 Å². The molecular formula is C12H15N3O2. The molecule has 0 aromatic carbocycles. The Labute approximate surface area is 99.4 Å². The summed E-state index contributed by atoms with van der Waals surface area (Å²) in [6, 6.07) is -0.377. The molecule has 0 saturated heterocycles. The predicted molar refractivity (Wildman–Crippen MR) is 63.6 cm³/mol. The van der Waals surface area contributed by atoms with Gasteiger partial charge in [-0.05, 0) is 18.9 Å². The maximum Gasteiger partial charge on any atom is 0.328 e. The van der Waals surface area contributed by atoms with Gasteiger partial charge in [0, 0.05) is 17.8 Å². The van der Waals surface area contributed by atoms with E-state index in [0.717, 1.165) is 23.0 Å². The van der Waals surface area contributed by atoms with Crippen LogP contribution >= 0.6 is 0 Å². The monoisotopic (exact) mass is 233 g/mol. The number of esters is 1. The third kappa shape index (κ3) is 1.88. The molecule has 0 saturated carbocycles. The maximum atomic E-state index is 11.6. The number of aryl methyl sites for hydroxylation is 1. The second kappa shape index (κ2) is 4.53. The molecule has 2 aromatic rings. The molecule has 0 aliphatic rings. The van der Waals surface area contributed by atoms with E-state index in [0.29, 0.717) is 0 Å². The summed E-state index contributed by atoms with van der Waals surface area (Å²) in [7, 11) is 1.39. The first-order valence-corrected chi connectivity index (χ1v) is 5.56. The Bertz CT molecular complexity index is 548. The number of rotatable bonds is 3. The normalized spacial score (nSPS) is 12.6. The predicted octanol–water partition coefficient (Wildman–Crippen LogP) is 1.73. The topological polar surface area (TPSA) is 57.0 Å². The van der Waals surface area contributed by atoms with E-state index >= 15 is 0 Å². The minimum Gasteiger partial charge on any atom is -0.467 e. The highest BCUT2D eigenvalue weighted by molar-refractivity contribution is 5.82. The van der Waals surface area contributed by atoms with Gasteiger partial charge in [0.2, 0.25) is 0 Å². The first-order chi connectivity index (χ1) is 8.19. The molecule has 2 heterocycles. The van der Waals surface area contributed by atoms with Gasteiger partial charge in [0.1, 0.15) is 18.0 Å². The number of methoxy groups -OCH3 is 1. The number of hydrogen-bond acceptors (Lipinski definition) is 4. The Kier molecular flexibility index (Phi) is 3.08. The van der Waals surface area contributed by atoms with Gasteiger partial charge in [-0.1, -0.05) is 6.92 Å². The number of hydrogen-bond donors (Lipinski definition) is 0. The summed E-state index contributed by atoms with van der Waals surface area (Å²) >= 11 is 0. The first-order valence-electron chi connectivity index (χ1n) is 5.56. The van der Waals surface area contributed by atoms with E-state index in [1.807, 2.05) is 10.8 Å². The van der Waals surface area contributed by atoms with Crippen LogP contribution in [0, 0.1) is 0 Å². The summed E-state index contributed by atoms with van der Waals surface area (Å²) in [5.41, 5.74) is 1.91. The van der Waals surface area contributed by atoms with Crippen LogP contribution in [0.5, 0.6) is 0 Å². The third-order valence-electron chi connectivity index (χ3n) is 2.92. The first kappa shape index (κ1) is 11.6. The van der Waals surface area contributed by atoms with Crippen LogP contribution in [0.25, 0.3) is 11.0 Å². The number of fused-ring (bicyclic) bond motifs is 1. The van der Waals surface area contributed by atoms with E-state index in [-0.39, 0.29) is 12.0 Å². The van der Waals surface area contributed by atoms with Gasteiger partial charge in [-0.25, -0.2) is 14.8 Å². The summed E-state index contributed by atoms with van der Waals surface area (Å²) in [6.07, 6.45) is 6.09. The zero-order chi connectivity index (χ0) is 12.4. The van der Waals surface area contributed by atoms with Crippen molar-refractivity contribution in [3.63, 3.8) is 0 Å². The van der Waals surface area contributed by atoms with Gasteiger partial charge in [0.15, 0.2) is 0 Å². The van der Waals surface area contributed by atoms with Crippen LogP contribution in [-0.4, -0.2) is 27.6 Å². The van der Waals surface area contributed by atoms with Gasteiger partial charge in [0.05, 0.1) is 7.11 Å². The quantitative estimate of drug-likeness (QED) is 0.757. The molecule has 2 aromatic heterocycles. The Balaban J connectivity index is 2.58. The van der Waals surface area contributed by atoms with Gasteiger partial charge in [-0.2, -0.15) is 0 Å². The standard InChI is InChI=1S/C12H15N3O2/c1-4-9-6-15(8(2)12(16)17-3)11-10(9)5-13-7-14-11/h5-8H,4H2,1-3H3. The molecule has 0 fully saturated rings. The fraction of sp³-hybridized carbons (Fsp3) is 0.417. The van der Waals surface area contributed by atoms with Gasteiger partial charge in [0.25, 0.3) is 0 Å². The average Bonchev–Trinajstić information content (AvgIpc) is 2.75. The Morgan fingerprint density at radius 2 is 2.35 bits per heavy atom. The van der Waals surface area contributed by atoms with Crippen molar-refractivity contribution in [3.8, 4) is 0 Å². The molecular weight excluding hydrogens is 218 g/mol. The van der Waals surface area contributed by atoms with Crippen molar-refractivity contribution in [2.75, 3.05) is 7.11 Å². The number of aromatic nitrogens is 3. The molecule has 0 aliphatic heterocycles. The largest absolute Gasteiger partial charge is 0.467 e. The van der Waals surface area contributed by atoms with Gasteiger partial charge >= 0.3 is 5.97 Å². The number of carbonyl (C=O) groups is 1.